The van der Waals surface area contributed by atoms with Gasteiger partial charge in [-0.05, 0) is 29.6 Å². The number of thioether (sulfide) groups is 1. The van der Waals surface area contributed by atoms with E-state index in [4.69, 9.17) is 10.3 Å². The topological polar surface area (TPSA) is 64.9 Å². The van der Waals surface area contributed by atoms with Crippen LogP contribution in [0, 0.1) is 0 Å². The van der Waals surface area contributed by atoms with Gasteiger partial charge in [-0.25, -0.2) is 0 Å². The molecule has 0 bridgehead atoms. The average molecular weight is 368 g/mol. The second-order valence-electron chi connectivity index (χ2n) is 3.96. The van der Waals surface area contributed by atoms with Crippen molar-refractivity contribution in [1.82, 2.24) is 10.1 Å². The molecule has 0 spiro atoms. The highest BCUT2D eigenvalue weighted by Crippen LogP contribution is 2.30. The zero-order valence-corrected chi connectivity index (χ0v) is 13.5. The van der Waals surface area contributed by atoms with E-state index >= 15 is 0 Å². The molecule has 0 unspecified atom stereocenters. The Balaban J connectivity index is 1.70. The Morgan fingerprint density at radius 3 is 3.00 bits per heavy atom. The van der Waals surface area contributed by atoms with Gasteiger partial charge in [-0.15, -0.1) is 23.1 Å². The summed E-state index contributed by atoms with van der Waals surface area (Å²) in [5.41, 5.74) is 6.69. The zero-order chi connectivity index (χ0) is 13.9. The second kappa shape index (κ2) is 5.99. The molecule has 2 N–H and O–H groups in total. The summed E-state index contributed by atoms with van der Waals surface area (Å²) in [5.74, 6) is 1.84. The van der Waals surface area contributed by atoms with Gasteiger partial charge in [-0.2, -0.15) is 4.98 Å². The molecule has 20 heavy (non-hydrogen) atoms. The molecule has 2 aromatic heterocycles. The number of nitrogen functional groups attached to an aromatic ring is 1. The Morgan fingerprint density at radius 2 is 2.25 bits per heavy atom. The highest BCUT2D eigenvalue weighted by molar-refractivity contribution is 9.10. The third-order valence-corrected chi connectivity index (χ3v) is 4.97. The van der Waals surface area contributed by atoms with E-state index in [0.29, 0.717) is 17.5 Å². The van der Waals surface area contributed by atoms with Gasteiger partial charge in [0.1, 0.15) is 0 Å². The van der Waals surface area contributed by atoms with Crippen LogP contribution in [-0.4, -0.2) is 10.1 Å². The number of aromatic nitrogens is 2. The van der Waals surface area contributed by atoms with Gasteiger partial charge in [-0.3, -0.25) is 0 Å². The van der Waals surface area contributed by atoms with E-state index in [0.717, 1.165) is 19.9 Å². The Labute approximate surface area is 132 Å². The molecule has 4 nitrogen and oxygen atoms in total. The van der Waals surface area contributed by atoms with E-state index in [1.54, 1.807) is 23.1 Å². The van der Waals surface area contributed by atoms with Crippen LogP contribution in [0.5, 0.6) is 0 Å². The first-order chi connectivity index (χ1) is 9.72. The van der Waals surface area contributed by atoms with E-state index in [-0.39, 0.29) is 0 Å². The van der Waals surface area contributed by atoms with Gasteiger partial charge in [0.05, 0.1) is 10.6 Å². The van der Waals surface area contributed by atoms with Crippen molar-refractivity contribution in [3.05, 3.63) is 46.1 Å². The average Bonchev–Trinajstić information content (AvgIpc) is 3.08. The van der Waals surface area contributed by atoms with E-state index in [9.17, 15) is 0 Å². The quantitative estimate of drug-likeness (QED) is 0.545. The first-order valence-electron chi connectivity index (χ1n) is 5.76. The number of nitrogens with zero attached hydrogens (tertiary/aromatic N) is 2. The van der Waals surface area contributed by atoms with Gasteiger partial charge in [0.15, 0.2) is 0 Å². The van der Waals surface area contributed by atoms with Crippen LogP contribution in [0.25, 0.3) is 10.7 Å². The largest absolute Gasteiger partial charge is 0.398 e. The van der Waals surface area contributed by atoms with Gasteiger partial charge in [-0.1, -0.05) is 27.2 Å². The molecule has 0 aliphatic carbocycles. The molecule has 7 heteroatoms. The molecule has 1 aromatic carbocycles. The van der Waals surface area contributed by atoms with Crippen LogP contribution in [0.2, 0.25) is 0 Å². The maximum absolute atomic E-state index is 5.95. The van der Waals surface area contributed by atoms with Crippen LogP contribution in [0.15, 0.2) is 49.6 Å². The summed E-state index contributed by atoms with van der Waals surface area (Å²) in [6, 6.07) is 9.75. The highest BCUT2D eigenvalue weighted by Gasteiger charge is 2.10. The maximum atomic E-state index is 5.95. The van der Waals surface area contributed by atoms with E-state index in [1.807, 2.05) is 35.7 Å². The summed E-state index contributed by atoms with van der Waals surface area (Å²) in [6.45, 7) is 0. The molecule has 0 radical (unpaired) electrons. The number of rotatable bonds is 4. The predicted octanol–water partition coefficient (Wildman–Crippen LogP) is 4.44. The van der Waals surface area contributed by atoms with Gasteiger partial charge in [0, 0.05) is 15.1 Å². The molecule has 3 aromatic rings. The minimum Gasteiger partial charge on any atom is -0.398 e. The Morgan fingerprint density at radius 1 is 1.35 bits per heavy atom. The summed E-state index contributed by atoms with van der Waals surface area (Å²) in [4.78, 5) is 6.39. The number of nitrogens with two attached hydrogens (primary N) is 1. The minimum atomic E-state index is 0.598. The van der Waals surface area contributed by atoms with Crippen molar-refractivity contribution in [2.45, 2.75) is 10.6 Å². The fourth-order valence-electron chi connectivity index (χ4n) is 1.61. The Kier molecular flexibility index (Phi) is 4.09. The number of anilines is 1. The monoisotopic (exact) mass is 367 g/mol. The number of hydrogen-bond acceptors (Lipinski definition) is 6. The van der Waals surface area contributed by atoms with Crippen LogP contribution >= 0.6 is 39.0 Å². The minimum absolute atomic E-state index is 0.598. The third-order valence-electron chi connectivity index (χ3n) is 2.53. The summed E-state index contributed by atoms with van der Waals surface area (Å²) in [7, 11) is 0. The molecule has 0 aliphatic heterocycles. The lowest BCUT2D eigenvalue weighted by Crippen LogP contribution is -1.89. The molecule has 0 atom stereocenters. The molecule has 0 saturated heterocycles. The number of benzene rings is 1. The normalized spacial score (nSPS) is 10.8. The fraction of sp³-hybridized carbons (Fsp3) is 0.0769. The van der Waals surface area contributed by atoms with Gasteiger partial charge >= 0.3 is 0 Å². The maximum Gasteiger partial charge on any atom is 0.237 e. The zero-order valence-electron chi connectivity index (χ0n) is 10.2. The summed E-state index contributed by atoms with van der Waals surface area (Å²) < 4.78 is 6.22. The lowest BCUT2D eigenvalue weighted by atomic mass is 10.3. The van der Waals surface area contributed by atoms with Crippen molar-refractivity contribution in [3.63, 3.8) is 0 Å². The van der Waals surface area contributed by atoms with Crippen LogP contribution in [0.1, 0.15) is 5.89 Å². The molecule has 0 aliphatic rings. The van der Waals surface area contributed by atoms with Crippen molar-refractivity contribution in [2.24, 2.45) is 0 Å². The second-order valence-corrected chi connectivity index (χ2v) is 6.84. The number of halogens is 1. The lowest BCUT2D eigenvalue weighted by Gasteiger charge is -2.03. The van der Waals surface area contributed by atoms with Gasteiger partial charge < -0.3 is 10.3 Å². The van der Waals surface area contributed by atoms with Crippen molar-refractivity contribution in [2.75, 3.05) is 5.73 Å². The first kappa shape index (κ1) is 13.7. The lowest BCUT2D eigenvalue weighted by molar-refractivity contribution is 0.392. The Bertz CT molecular complexity index is 712. The molecular weight excluding hydrogens is 358 g/mol. The first-order valence-corrected chi connectivity index (χ1v) is 8.42. The van der Waals surface area contributed by atoms with Crippen molar-refractivity contribution >= 4 is 44.7 Å². The summed E-state index contributed by atoms with van der Waals surface area (Å²) in [5, 5.41) is 5.97. The van der Waals surface area contributed by atoms with Crippen LogP contribution < -0.4 is 5.73 Å². The number of hydrogen-bond donors (Lipinski definition) is 1. The molecular formula is C13H10BrN3OS2. The fourth-order valence-corrected chi connectivity index (χ4v) is 3.42. The predicted molar refractivity (Wildman–Crippen MR) is 85.7 cm³/mol. The van der Waals surface area contributed by atoms with Crippen LogP contribution in [0.4, 0.5) is 5.69 Å². The van der Waals surface area contributed by atoms with Gasteiger partial charge in [0.25, 0.3) is 0 Å². The molecule has 102 valence electrons. The standard InChI is InChI=1S/C13H10BrN3OS2/c14-8-3-4-10(9(15)6-8)20-7-12-16-13(17-18-12)11-2-1-5-19-11/h1-6H,7,15H2. The molecule has 0 amide bonds. The molecule has 2 heterocycles. The highest BCUT2D eigenvalue weighted by atomic mass is 79.9. The molecule has 0 fully saturated rings. The smallest absolute Gasteiger partial charge is 0.237 e. The Hall–Kier alpha value is -1.31. The van der Waals surface area contributed by atoms with Crippen molar-refractivity contribution < 1.29 is 4.52 Å². The van der Waals surface area contributed by atoms with Crippen LogP contribution in [0.3, 0.4) is 0 Å². The third kappa shape index (κ3) is 3.05. The van der Waals surface area contributed by atoms with Crippen LogP contribution in [-0.2, 0) is 5.75 Å². The molecule has 0 saturated carbocycles. The SMILES string of the molecule is Nc1cc(Br)ccc1SCc1nc(-c2cccs2)no1. The summed E-state index contributed by atoms with van der Waals surface area (Å²) >= 11 is 6.56. The van der Waals surface area contributed by atoms with Crippen molar-refractivity contribution in [1.29, 1.82) is 0 Å². The number of thiophene rings is 1. The molecule has 3 rings (SSSR count). The van der Waals surface area contributed by atoms with Gasteiger partial charge in [0.2, 0.25) is 11.7 Å². The van der Waals surface area contributed by atoms with Crippen molar-refractivity contribution in [3.8, 4) is 10.7 Å². The van der Waals surface area contributed by atoms with E-state index < -0.39 is 0 Å². The summed E-state index contributed by atoms with van der Waals surface area (Å²) in [6.07, 6.45) is 0. The van der Waals surface area contributed by atoms with E-state index in [1.165, 1.54) is 0 Å². The van der Waals surface area contributed by atoms with E-state index in [2.05, 4.69) is 26.1 Å².